The van der Waals surface area contributed by atoms with Gasteiger partial charge in [-0.15, -0.1) is 0 Å². The molecule has 4 nitrogen and oxygen atoms in total. The van der Waals surface area contributed by atoms with Crippen LogP contribution in [0.2, 0.25) is 0 Å². The summed E-state index contributed by atoms with van der Waals surface area (Å²) in [6, 6.07) is 14.6. The summed E-state index contributed by atoms with van der Waals surface area (Å²) in [7, 11) is 0. The predicted octanol–water partition coefficient (Wildman–Crippen LogP) is 3.71. The first-order valence-electron chi connectivity index (χ1n) is 8.74. The van der Waals surface area contributed by atoms with E-state index in [-0.39, 0.29) is 0 Å². The summed E-state index contributed by atoms with van der Waals surface area (Å²) >= 11 is 0. The van der Waals surface area contributed by atoms with Gasteiger partial charge >= 0.3 is 0 Å². The number of aromatic nitrogens is 1. The molecule has 0 bridgehead atoms. The summed E-state index contributed by atoms with van der Waals surface area (Å²) in [5.41, 5.74) is 8.77. The highest BCUT2D eigenvalue weighted by Crippen LogP contribution is 2.18. The topological polar surface area (TPSA) is 31.4 Å². The first-order valence-corrected chi connectivity index (χ1v) is 8.74. The molecule has 0 radical (unpaired) electrons. The zero-order valence-corrected chi connectivity index (χ0v) is 14.9. The number of hydrazine groups is 1. The standard InChI is InChI=1S/C21H26N4/c1-3-25(17-19-8-5-4-6-9-19)23-21-11-13-24(15-18(21)2)16-20-10-7-12-22-14-20/h3-10,12,14,23H,1,11,13,15-17H2,2H3. The normalized spacial score (nSPS) is 15.1. The molecule has 0 saturated carbocycles. The van der Waals surface area contributed by atoms with E-state index in [1.165, 1.54) is 22.4 Å². The molecule has 1 aromatic carbocycles. The summed E-state index contributed by atoms with van der Waals surface area (Å²) in [6.07, 6.45) is 6.65. The van der Waals surface area contributed by atoms with Gasteiger partial charge in [-0.3, -0.25) is 14.9 Å². The minimum atomic E-state index is 0.806. The fourth-order valence-corrected chi connectivity index (χ4v) is 3.13. The van der Waals surface area contributed by atoms with Crippen LogP contribution in [-0.2, 0) is 13.1 Å². The Balaban J connectivity index is 1.58. The van der Waals surface area contributed by atoms with Crippen molar-refractivity contribution in [2.24, 2.45) is 0 Å². The van der Waals surface area contributed by atoms with Crippen LogP contribution in [0.3, 0.4) is 0 Å². The monoisotopic (exact) mass is 334 g/mol. The molecule has 0 fully saturated rings. The van der Waals surface area contributed by atoms with Crippen LogP contribution in [0.1, 0.15) is 24.5 Å². The van der Waals surface area contributed by atoms with E-state index in [1.807, 2.05) is 30.7 Å². The molecule has 4 heteroatoms. The lowest BCUT2D eigenvalue weighted by Crippen LogP contribution is -2.39. The molecule has 1 aromatic heterocycles. The van der Waals surface area contributed by atoms with Gasteiger partial charge in [0.2, 0.25) is 0 Å². The highest BCUT2D eigenvalue weighted by Gasteiger charge is 2.17. The zero-order chi connectivity index (χ0) is 17.5. The molecule has 25 heavy (non-hydrogen) atoms. The molecule has 3 rings (SSSR count). The highest BCUT2D eigenvalue weighted by atomic mass is 15.5. The minimum Gasteiger partial charge on any atom is -0.303 e. The Hall–Kier alpha value is -2.59. The number of hydrogen-bond acceptors (Lipinski definition) is 4. The molecule has 1 N–H and O–H groups in total. The average molecular weight is 334 g/mol. The van der Waals surface area contributed by atoms with Gasteiger partial charge in [-0.2, -0.15) is 0 Å². The number of nitrogens with zero attached hydrogens (tertiary/aromatic N) is 3. The molecule has 0 saturated heterocycles. The predicted molar refractivity (Wildman–Crippen MR) is 102 cm³/mol. The highest BCUT2D eigenvalue weighted by molar-refractivity contribution is 5.18. The van der Waals surface area contributed by atoms with Crippen molar-refractivity contribution < 1.29 is 0 Å². The van der Waals surface area contributed by atoms with Gasteiger partial charge in [0.15, 0.2) is 0 Å². The van der Waals surface area contributed by atoms with Gasteiger partial charge in [0.05, 0.1) is 6.54 Å². The van der Waals surface area contributed by atoms with Crippen LogP contribution in [0.15, 0.2) is 78.9 Å². The summed E-state index contributed by atoms with van der Waals surface area (Å²) in [6.45, 7) is 9.94. The molecule has 0 atom stereocenters. The Morgan fingerprint density at radius 1 is 1.20 bits per heavy atom. The van der Waals surface area contributed by atoms with Crippen molar-refractivity contribution in [1.82, 2.24) is 20.3 Å². The van der Waals surface area contributed by atoms with E-state index < -0.39 is 0 Å². The second kappa shape index (κ2) is 8.49. The molecular formula is C21H26N4. The van der Waals surface area contributed by atoms with Crippen LogP contribution < -0.4 is 5.43 Å². The Morgan fingerprint density at radius 3 is 2.68 bits per heavy atom. The average Bonchev–Trinajstić information content (AvgIpc) is 2.65. The number of rotatable bonds is 7. The van der Waals surface area contributed by atoms with Crippen LogP contribution in [0.4, 0.5) is 0 Å². The lowest BCUT2D eigenvalue weighted by atomic mass is 10.1. The van der Waals surface area contributed by atoms with Crippen molar-refractivity contribution in [3.8, 4) is 0 Å². The SMILES string of the molecule is C=CN(Cc1ccccc1)NC1=C(C)CN(Cc2cccnc2)CC1. The molecule has 1 aliphatic rings. The van der Waals surface area contributed by atoms with Crippen molar-refractivity contribution in [2.45, 2.75) is 26.4 Å². The molecule has 2 aromatic rings. The number of hydrogen-bond donors (Lipinski definition) is 1. The second-order valence-electron chi connectivity index (χ2n) is 6.49. The lowest BCUT2D eigenvalue weighted by molar-refractivity contribution is 0.241. The van der Waals surface area contributed by atoms with Gasteiger partial charge in [0.1, 0.15) is 0 Å². The van der Waals surface area contributed by atoms with Crippen molar-refractivity contribution in [1.29, 1.82) is 0 Å². The van der Waals surface area contributed by atoms with Crippen LogP contribution >= 0.6 is 0 Å². The summed E-state index contributed by atoms with van der Waals surface area (Å²) in [5, 5.41) is 2.06. The Labute approximate surface area is 150 Å². The maximum Gasteiger partial charge on any atom is 0.0637 e. The third kappa shape index (κ3) is 4.94. The van der Waals surface area contributed by atoms with E-state index in [9.17, 15) is 0 Å². The fraction of sp³-hybridized carbons (Fsp3) is 0.286. The van der Waals surface area contributed by atoms with Gasteiger partial charge < -0.3 is 5.43 Å². The van der Waals surface area contributed by atoms with Crippen LogP contribution in [0.5, 0.6) is 0 Å². The van der Waals surface area contributed by atoms with E-state index in [1.54, 1.807) is 0 Å². The van der Waals surface area contributed by atoms with Crippen LogP contribution in [0, 0.1) is 0 Å². The quantitative estimate of drug-likeness (QED) is 0.782. The number of nitrogens with one attached hydrogen (secondary N) is 1. The first-order chi connectivity index (χ1) is 12.2. The molecule has 0 aliphatic carbocycles. The van der Waals surface area contributed by atoms with Gasteiger partial charge in [-0.1, -0.05) is 43.0 Å². The second-order valence-corrected chi connectivity index (χ2v) is 6.49. The van der Waals surface area contributed by atoms with E-state index in [0.717, 1.165) is 32.6 Å². The van der Waals surface area contributed by atoms with E-state index in [0.29, 0.717) is 0 Å². The van der Waals surface area contributed by atoms with Gasteiger partial charge in [-0.25, -0.2) is 0 Å². The van der Waals surface area contributed by atoms with Crippen LogP contribution in [0.25, 0.3) is 0 Å². The Morgan fingerprint density at radius 2 is 2.00 bits per heavy atom. The number of benzene rings is 1. The molecule has 1 aliphatic heterocycles. The van der Waals surface area contributed by atoms with Crippen LogP contribution in [-0.4, -0.2) is 28.0 Å². The summed E-state index contributed by atoms with van der Waals surface area (Å²) < 4.78 is 0. The molecule has 2 heterocycles. The third-order valence-corrected chi connectivity index (χ3v) is 4.48. The maximum atomic E-state index is 4.21. The van der Waals surface area contributed by atoms with Crippen molar-refractivity contribution in [3.05, 3.63) is 90.0 Å². The molecule has 130 valence electrons. The van der Waals surface area contributed by atoms with Gasteiger partial charge in [0, 0.05) is 50.3 Å². The summed E-state index contributed by atoms with van der Waals surface area (Å²) in [4.78, 5) is 6.67. The molecule has 0 unspecified atom stereocenters. The maximum absolute atomic E-state index is 4.21. The minimum absolute atomic E-state index is 0.806. The first kappa shape index (κ1) is 17.2. The molecule has 0 amide bonds. The smallest absolute Gasteiger partial charge is 0.0637 e. The largest absolute Gasteiger partial charge is 0.303 e. The fourth-order valence-electron chi connectivity index (χ4n) is 3.13. The lowest BCUT2D eigenvalue weighted by Gasteiger charge is -2.33. The van der Waals surface area contributed by atoms with Gasteiger partial charge in [0.25, 0.3) is 0 Å². The van der Waals surface area contributed by atoms with Crippen molar-refractivity contribution >= 4 is 0 Å². The third-order valence-electron chi connectivity index (χ3n) is 4.48. The molecular weight excluding hydrogens is 308 g/mol. The summed E-state index contributed by atoms with van der Waals surface area (Å²) in [5.74, 6) is 0. The number of pyridine rings is 1. The molecule has 0 spiro atoms. The van der Waals surface area contributed by atoms with E-state index >= 15 is 0 Å². The zero-order valence-electron chi connectivity index (χ0n) is 14.9. The van der Waals surface area contributed by atoms with Crippen molar-refractivity contribution in [3.63, 3.8) is 0 Å². The van der Waals surface area contributed by atoms with Crippen molar-refractivity contribution in [2.75, 3.05) is 13.1 Å². The Kier molecular flexibility index (Phi) is 5.86. The Bertz CT molecular complexity index is 709. The van der Waals surface area contributed by atoms with E-state index in [4.69, 9.17) is 0 Å². The van der Waals surface area contributed by atoms with E-state index in [2.05, 4.69) is 64.2 Å². The van der Waals surface area contributed by atoms with Gasteiger partial charge in [-0.05, 0) is 29.7 Å².